The Morgan fingerprint density at radius 1 is 1.29 bits per heavy atom. The molecule has 0 aliphatic carbocycles. The second kappa shape index (κ2) is 9.50. The fourth-order valence-corrected chi connectivity index (χ4v) is 2.10. The molecule has 2 amide bonds. The van der Waals surface area contributed by atoms with Crippen LogP contribution in [-0.4, -0.2) is 48.1 Å². The number of hydrogen-bond acceptors (Lipinski definition) is 4. The molecule has 0 atom stereocenters. The van der Waals surface area contributed by atoms with E-state index in [9.17, 15) is 9.59 Å². The summed E-state index contributed by atoms with van der Waals surface area (Å²) in [6.07, 6.45) is 1.94. The molecule has 0 aliphatic heterocycles. The molecule has 0 saturated heterocycles. The van der Waals surface area contributed by atoms with E-state index in [1.807, 2.05) is 4.90 Å². The van der Waals surface area contributed by atoms with Gasteiger partial charge >= 0.3 is 0 Å². The minimum Gasteiger partial charge on any atom is -0.395 e. The Kier molecular flexibility index (Phi) is 7.97. The Bertz CT molecular complexity index is 480. The van der Waals surface area contributed by atoms with Gasteiger partial charge in [0.15, 0.2) is 0 Å². The van der Waals surface area contributed by atoms with Crippen LogP contribution in [-0.2, 0) is 4.79 Å². The summed E-state index contributed by atoms with van der Waals surface area (Å²) in [6.45, 7) is 3.24. The lowest BCUT2D eigenvalue weighted by atomic mass is 10.2. The number of unbranched alkanes of at least 4 members (excludes halogenated alkanes) is 1. The van der Waals surface area contributed by atoms with Crippen molar-refractivity contribution >= 4 is 23.4 Å². The number of benzene rings is 1. The van der Waals surface area contributed by atoms with E-state index in [1.54, 1.807) is 24.3 Å². The number of halogens is 1. The SMILES string of the molecule is CCCCN(CCO)CC(=O)NC(=O)c1ccccc1Cl. The Morgan fingerprint density at radius 2 is 2.00 bits per heavy atom. The number of aliphatic hydroxyl groups is 1. The van der Waals surface area contributed by atoms with Crippen molar-refractivity contribution in [3.8, 4) is 0 Å². The van der Waals surface area contributed by atoms with Crippen LogP contribution in [0, 0.1) is 0 Å². The third-order valence-corrected chi connectivity index (χ3v) is 3.31. The molecule has 5 nitrogen and oxygen atoms in total. The summed E-state index contributed by atoms with van der Waals surface area (Å²) in [5, 5.41) is 11.6. The first kappa shape index (κ1) is 17.6. The van der Waals surface area contributed by atoms with E-state index in [2.05, 4.69) is 12.2 Å². The van der Waals surface area contributed by atoms with Gasteiger partial charge in [-0.25, -0.2) is 0 Å². The van der Waals surface area contributed by atoms with E-state index in [-0.39, 0.29) is 18.7 Å². The van der Waals surface area contributed by atoms with Crippen LogP contribution in [0.3, 0.4) is 0 Å². The molecule has 0 unspecified atom stereocenters. The molecule has 0 radical (unpaired) electrons. The predicted octanol–water partition coefficient (Wildman–Crippen LogP) is 1.69. The van der Waals surface area contributed by atoms with Crippen molar-refractivity contribution in [2.45, 2.75) is 19.8 Å². The molecule has 0 aromatic heterocycles. The molecule has 0 bridgehead atoms. The van der Waals surface area contributed by atoms with Crippen LogP contribution in [0.4, 0.5) is 0 Å². The molecular formula is C15H21ClN2O3. The van der Waals surface area contributed by atoms with Gasteiger partial charge in [0.2, 0.25) is 5.91 Å². The van der Waals surface area contributed by atoms with Crippen molar-refractivity contribution in [1.29, 1.82) is 0 Å². The molecule has 0 saturated carbocycles. The molecule has 0 aliphatic rings. The number of carbonyl (C=O) groups excluding carboxylic acids is 2. The topological polar surface area (TPSA) is 69.6 Å². The van der Waals surface area contributed by atoms with Crippen LogP contribution < -0.4 is 5.32 Å². The largest absolute Gasteiger partial charge is 0.395 e. The number of nitrogens with one attached hydrogen (secondary N) is 1. The van der Waals surface area contributed by atoms with Gasteiger partial charge in [0.1, 0.15) is 0 Å². The molecule has 1 aromatic rings. The predicted molar refractivity (Wildman–Crippen MR) is 82.4 cm³/mol. The van der Waals surface area contributed by atoms with Gasteiger partial charge in [-0.1, -0.05) is 37.1 Å². The number of carbonyl (C=O) groups is 2. The highest BCUT2D eigenvalue weighted by atomic mass is 35.5. The summed E-state index contributed by atoms with van der Waals surface area (Å²) in [5.41, 5.74) is 0.273. The molecule has 6 heteroatoms. The van der Waals surface area contributed by atoms with E-state index < -0.39 is 11.8 Å². The second-order valence-electron chi connectivity index (χ2n) is 4.71. The van der Waals surface area contributed by atoms with Crippen LogP contribution in [0.2, 0.25) is 5.02 Å². The molecule has 0 fully saturated rings. The number of aliphatic hydroxyl groups excluding tert-OH is 1. The van der Waals surface area contributed by atoms with Gasteiger partial charge in [-0.05, 0) is 25.1 Å². The maximum absolute atomic E-state index is 11.9. The van der Waals surface area contributed by atoms with E-state index in [1.165, 1.54) is 0 Å². The summed E-state index contributed by atoms with van der Waals surface area (Å²) < 4.78 is 0. The van der Waals surface area contributed by atoms with Crippen molar-refractivity contribution < 1.29 is 14.7 Å². The highest BCUT2D eigenvalue weighted by molar-refractivity contribution is 6.34. The van der Waals surface area contributed by atoms with Crippen LogP contribution in [0.5, 0.6) is 0 Å². The van der Waals surface area contributed by atoms with E-state index in [0.29, 0.717) is 18.1 Å². The smallest absolute Gasteiger partial charge is 0.259 e. The average Bonchev–Trinajstić information content (AvgIpc) is 2.45. The van der Waals surface area contributed by atoms with Crippen LogP contribution >= 0.6 is 11.6 Å². The lowest BCUT2D eigenvalue weighted by molar-refractivity contribution is -0.121. The molecule has 2 N–H and O–H groups in total. The lowest BCUT2D eigenvalue weighted by Crippen LogP contribution is -2.41. The Hall–Kier alpha value is -1.43. The van der Waals surface area contributed by atoms with Gasteiger partial charge in [-0.2, -0.15) is 0 Å². The third-order valence-electron chi connectivity index (χ3n) is 2.98. The first-order chi connectivity index (χ1) is 10.1. The number of rotatable bonds is 8. The van der Waals surface area contributed by atoms with E-state index in [0.717, 1.165) is 12.8 Å². The van der Waals surface area contributed by atoms with Crippen LogP contribution in [0.15, 0.2) is 24.3 Å². The number of amides is 2. The van der Waals surface area contributed by atoms with Gasteiger partial charge < -0.3 is 5.11 Å². The minimum absolute atomic E-state index is 0.0184. The third kappa shape index (κ3) is 6.25. The first-order valence-electron chi connectivity index (χ1n) is 7.00. The first-order valence-corrected chi connectivity index (χ1v) is 7.38. The molecule has 0 spiro atoms. The van der Waals surface area contributed by atoms with Crippen LogP contribution in [0.1, 0.15) is 30.1 Å². The monoisotopic (exact) mass is 312 g/mol. The zero-order valence-corrected chi connectivity index (χ0v) is 12.9. The molecule has 21 heavy (non-hydrogen) atoms. The average molecular weight is 313 g/mol. The fraction of sp³-hybridized carbons (Fsp3) is 0.467. The Balaban J connectivity index is 2.55. The van der Waals surface area contributed by atoms with Gasteiger partial charge in [0.25, 0.3) is 5.91 Å². The zero-order valence-electron chi connectivity index (χ0n) is 12.1. The lowest BCUT2D eigenvalue weighted by Gasteiger charge is -2.20. The second-order valence-corrected chi connectivity index (χ2v) is 5.12. The summed E-state index contributed by atoms with van der Waals surface area (Å²) in [6, 6.07) is 6.56. The van der Waals surface area contributed by atoms with Crippen molar-refractivity contribution in [1.82, 2.24) is 10.2 Å². The summed E-state index contributed by atoms with van der Waals surface area (Å²) in [5.74, 6) is -0.908. The Morgan fingerprint density at radius 3 is 2.62 bits per heavy atom. The molecule has 1 rings (SSSR count). The summed E-state index contributed by atoms with van der Waals surface area (Å²) >= 11 is 5.91. The maximum Gasteiger partial charge on any atom is 0.259 e. The van der Waals surface area contributed by atoms with E-state index >= 15 is 0 Å². The van der Waals surface area contributed by atoms with Gasteiger partial charge in [-0.3, -0.25) is 19.8 Å². The fourth-order valence-electron chi connectivity index (χ4n) is 1.87. The quantitative estimate of drug-likeness (QED) is 0.766. The minimum atomic E-state index is -0.509. The van der Waals surface area contributed by atoms with E-state index in [4.69, 9.17) is 16.7 Å². The van der Waals surface area contributed by atoms with Crippen molar-refractivity contribution in [3.63, 3.8) is 0 Å². The molecular weight excluding hydrogens is 292 g/mol. The normalized spacial score (nSPS) is 10.7. The van der Waals surface area contributed by atoms with Crippen molar-refractivity contribution in [2.75, 3.05) is 26.2 Å². The van der Waals surface area contributed by atoms with Gasteiger partial charge in [0.05, 0.1) is 23.7 Å². The number of imide groups is 1. The number of hydrogen-bond donors (Lipinski definition) is 2. The summed E-state index contributed by atoms with van der Waals surface area (Å²) in [4.78, 5) is 25.7. The maximum atomic E-state index is 11.9. The molecule has 1 aromatic carbocycles. The van der Waals surface area contributed by atoms with Gasteiger partial charge in [0, 0.05) is 6.54 Å². The summed E-state index contributed by atoms with van der Waals surface area (Å²) in [7, 11) is 0. The van der Waals surface area contributed by atoms with Crippen molar-refractivity contribution in [3.05, 3.63) is 34.9 Å². The zero-order chi connectivity index (χ0) is 15.7. The molecule has 0 heterocycles. The number of nitrogens with zero attached hydrogens (tertiary/aromatic N) is 1. The Labute approximate surface area is 129 Å². The standard InChI is InChI=1S/C15H21ClN2O3/c1-2-3-8-18(9-10-19)11-14(20)17-15(21)12-6-4-5-7-13(12)16/h4-7,19H,2-3,8-11H2,1H3,(H,17,20,21). The molecule has 116 valence electrons. The van der Waals surface area contributed by atoms with Crippen molar-refractivity contribution in [2.24, 2.45) is 0 Å². The van der Waals surface area contributed by atoms with Crippen LogP contribution in [0.25, 0.3) is 0 Å². The highest BCUT2D eigenvalue weighted by Crippen LogP contribution is 2.14. The highest BCUT2D eigenvalue weighted by Gasteiger charge is 2.15. The van der Waals surface area contributed by atoms with Gasteiger partial charge in [-0.15, -0.1) is 0 Å².